The summed E-state index contributed by atoms with van der Waals surface area (Å²) in [4.78, 5) is 12.5. The van der Waals surface area contributed by atoms with E-state index in [9.17, 15) is 9.00 Å². The number of nitrogens with zero attached hydrogens (tertiary/aromatic N) is 1. The molecule has 0 aliphatic heterocycles. The quantitative estimate of drug-likeness (QED) is 0.753. The molecule has 16 heavy (non-hydrogen) atoms. The molecule has 0 spiro atoms. The Bertz CT molecular complexity index is 643. The van der Waals surface area contributed by atoms with Crippen molar-refractivity contribution in [3.8, 4) is 0 Å². The maximum absolute atomic E-state index is 12.1. The lowest BCUT2D eigenvalue weighted by atomic mass is 10.2. The lowest BCUT2D eigenvalue weighted by Gasteiger charge is -2.12. The average molecular weight is 235 g/mol. The van der Waals surface area contributed by atoms with E-state index in [0.717, 1.165) is 11.2 Å². The summed E-state index contributed by atoms with van der Waals surface area (Å²) in [5.41, 5.74) is 1.52. The highest BCUT2D eigenvalue weighted by Crippen LogP contribution is 2.15. The molecule has 3 nitrogen and oxygen atoms in total. The van der Waals surface area contributed by atoms with Crippen LogP contribution in [0.15, 0.2) is 34.0 Å². The first-order valence-electron chi connectivity index (χ1n) is 4.95. The summed E-state index contributed by atoms with van der Waals surface area (Å²) in [6.07, 6.45) is 1.54. The van der Waals surface area contributed by atoms with Gasteiger partial charge in [-0.2, -0.15) is 0 Å². The number of fused-ring (bicyclic) bond motifs is 1. The van der Waals surface area contributed by atoms with Gasteiger partial charge >= 0.3 is 0 Å². The van der Waals surface area contributed by atoms with Gasteiger partial charge in [0, 0.05) is 24.4 Å². The second kappa shape index (κ2) is 3.87. The Labute approximate surface area is 96.2 Å². The molecule has 0 saturated carbocycles. The predicted octanol–water partition coefficient (Wildman–Crippen LogP) is 1.58. The van der Waals surface area contributed by atoms with Crippen molar-refractivity contribution in [2.75, 3.05) is 6.26 Å². The maximum atomic E-state index is 12.1. The molecule has 84 valence electrons. The van der Waals surface area contributed by atoms with E-state index in [1.807, 2.05) is 36.7 Å². The van der Waals surface area contributed by atoms with Crippen molar-refractivity contribution in [3.05, 3.63) is 40.2 Å². The molecule has 0 radical (unpaired) electrons. The number of pyridine rings is 1. The normalized spacial score (nSPS) is 12.9. The third-order valence-electron chi connectivity index (χ3n) is 2.84. The van der Waals surface area contributed by atoms with Crippen LogP contribution in [-0.4, -0.2) is 15.0 Å². The van der Waals surface area contributed by atoms with Crippen molar-refractivity contribution >= 4 is 21.7 Å². The standard InChI is InChI=1S/C12H13NO2S/c1-8-12(16(3)15)11(14)9-6-4-5-7-10(9)13(8)2/h4-7H,1-3H3. The van der Waals surface area contributed by atoms with E-state index in [0.29, 0.717) is 10.3 Å². The average Bonchev–Trinajstić information content (AvgIpc) is 2.26. The lowest BCUT2D eigenvalue weighted by Crippen LogP contribution is -2.17. The van der Waals surface area contributed by atoms with Gasteiger partial charge in [0.15, 0.2) is 0 Å². The Morgan fingerprint density at radius 1 is 1.25 bits per heavy atom. The summed E-state index contributed by atoms with van der Waals surface area (Å²) in [5.74, 6) is 0. The SMILES string of the molecule is Cc1c(S(C)=O)c(=O)c2ccccc2n1C. The third-order valence-corrected chi connectivity index (χ3v) is 3.89. The van der Waals surface area contributed by atoms with Gasteiger partial charge in [-0.15, -0.1) is 0 Å². The first-order chi connectivity index (χ1) is 7.54. The van der Waals surface area contributed by atoms with Crippen molar-refractivity contribution in [1.29, 1.82) is 0 Å². The van der Waals surface area contributed by atoms with Crippen LogP contribution in [0.5, 0.6) is 0 Å². The van der Waals surface area contributed by atoms with Gasteiger partial charge in [-0.1, -0.05) is 12.1 Å². The molecule has 1 atom stereocenters. The van der Waals surface area contributed by atoms with Crippen LogP contribution in [0.4, 0.5) is 0 Å². The summed E-state index contributed by atoms with van der Waals surface area (Å²) in [6.45, 7) is 1.82. The number of hydrogen-bond donors (Lipinski definition) is 0. The monoisotopic (exact) mass is 235 g/mol. The van der Waals surface area contributed by atoms with E-state index in [2.05, 4.69) is 0 Å². The Morgan fingerprint density at radius 3 is 2.50 bits per heavy atom. The minimum absolute atomic E-state index is 0.118. The molecule has 0 fully saturated rings. The third kappa shape index (κ3) is 1.50. The fourth-order valence-electron chi connectivity index (χ4n) is 1.92. The Kier molecular flexibility index (Phi) is 2.68. The highest BCUT2D eigenvalue weighted by Gasteiger charge is 2.14. The number of para-hydroxylation sites is 1. The molecule has 2 aromatic rings. The molecule has 4 heteroatoms. The fourth-order valence-corrected chi connectivity index (χ4v) is 2.84. The summed E-state index contributed by atoms with van der Waals surface area (Å²) >= 11 is 0. The molecule has 1 unspecified atom stereocenters. The number of hydrogen-bond acceptors (Lipinski definition) is 2. The zero-order valence-electron chi connectivity index (χ0n) is 9.48. The first kappa shape index (κ1) is 11.1. The minimum Gasteiger partial charge on any atom is -0.347 e. The van der Waals surface area contributed by atoms with Crippen LogP contribution in [0.1, 0.15) is 5.69 Å². The van der Waals surface area contributed by atoms with Gasteiger partial charge in [0.25, 0.3) is 0 Å². The van der Waals surface area contributed by atoms with Crippen molar-refractivity contribution in [2.24, 2.45) is 7.05 Å². The van der Waals surface area contributed by atoms with Crippen LogP contribution in [0, 0.1) is 6.92 Å². The molecule has 1 heterocycles. The summed E-state index contributed by atoms with van der Waals surface area (Å²) in [5, 5.41) is 0.626. The Hall–Kier alpha value is -1.42. The topological polar surface area (TPSA) is 39.1 Å². The molecule has 0 bridgehead atoms. The molecule has 0 aliphatic rings. The smallest absolute Gasteiger partial charge is 0.205 e. The van der Waals surface area contributed by atoms with Crippen LogP contribution in [0.25, 0.3) is 10.9 Å². The maximum Gasteiger partial charge on any atom is 0.205 e. The largest absolute Gasteiger partial charge is 0.347 e. The first-order valence-corrected chi connectivity index (χ1v) is 6.51. The molecule has 0 N–H and O–H groups in total. The molecular weight excluding hydrogens is 222 g/mol. The fraction of sp³-hybridized carbons (Fsp3) is 0.250. The van der Waals surface area contributed by atoms with Gasteiger partial charge in [0.05, 0.1) is 16.3 Å². The van der Waals surface area contributed by atoms with Gasteiger partial charge in [-0.3, -0.25) is 9.00 Å². The van der Waals surface area contributed by atoms with Crippen LogP contribution in [0.2, 0.25) is 0 Å². The van der Waals surface area contributed by atoms with Crippen LogP contribution >= 0.6 is 0 Å². The van der Waals surface area contributed by atoms with Gasteiger partial charge in [-0.05, 0) is 19.1 Å². The van der Waals surface area contributed by atoms with E-state index in [1.54, 1.807) is 12.3 Å². The van der Waals surface area contributed by atoms with Gasteiger partial charge < -0.3 is 4.57 Å². The number of rotatable bonds is 1. The zero-order chi connectivity index (χ0) is 11.9. The second-order valence-electron chi connectivity index (χ2n) is 3.77. The summed E-state index contributed by atoms with van der Waals surface area (Å²) < 4.78 is 13.5. The van der Waals surface area contributed by atoms with Gasteiger partial charge in [-0.25, -0.2) is 0 Å². The summed E-state index contributed by atoms with van der Waals surface area (Å²) in [6, 6.07) is 7.38. The van der Waals surface area contributed by atoms with Crippen molar-refractivity contribution in [3.63, 3.8) is 0 Å². The van der Waals surface area contributed by atoms with Gasteiger partial charge in [0.2, 0.25) is 5.43 Å². The molecule has 2 rings (SSSR count). The van der Waals surface area contributed by atoms with E-state index in [-0.39, 0.29) is 5.43 Å². The zero-order valence-corrected chi connectivity index (χ0v) is 10.3. The Balaban J connectivity index is 3.07. The number of aryl methyl sites for hydroxylation is 1. The van der Waals surface area contributed by atoms with E-state index < -0.39 is 10.8 Å². The van der Waals surface area contributed by atoms with Crippen LogP contribution in [-0.2, 0) is 17.8 Å². The van der Waals surface area contributed by atoms with Gasteiger partial charge in [0.1, 0.15) is 4.90 Å². The molecule has 0 saturated heterocycles. The van der Waals surface area contributed by atoms with Crippen molar-refractivity contribution < 1.29 is 4.21 Å². The number of benzene rings is 1. The second-order valence-corrected chi connectivity index (χ2v) is 5.09. The predicted molar refractivity (Wildman–Crippen MR) is 66.3 cm³/mol. The minimum atomic E-state index is -1.25. The highest BCUT2D eigenvalue weighted by molar-refractivity contribution is 7.84. The molecule has 0 amide bonds. The molecular formula is C12H13NO2S. The van der Waals surface area contributed by atoms with E-state index in [4.69, 9.17) is 0 Å². The van der Waals surface area contributed by atoms with Crippen LogP contribution < -0.4 is 5.43 Å². The molecule has 1 aromatic heterocycles. The molecule has 0 aliphatic carbocycles. The number of aromatic nitrogens is 1. The van der Waals surface area contributed by atoms with E-state index >= 15 is 0 Å². The van der Waals surface area contributed by atoms with Crippen LogP contribution in [0.3, 0.4) is 0 Å². The van der Waals surface area contributed by atoms with Crippen molar-refractivity contribution in [1.82, 2.24) is 4.57 Å². The molecule has 1 aromatic carbocycles. The lowest BCUT2D eigenvalue weighted by molar-refractivity contribution is 0.684. The highest BCUT2D eigenvalue weighted by atomic mass is 32.2. The van der Waals surface area contributed by atoms with E-state index in [1.165, 1.54) is 0 Å². The van der Waals surface area contributed by atoms with Crippen molar-refractivity contribution in [2.45, 2.75) is 11.8 Å². The Morgan fingerprint density at radius 2 is 1.88 bits per heavy atom. The summed E-state index contributed by atoms with van der Waals surface area (Å²) in [7, 11) is 0.631.